The first-order chi connectivity index (χ1) is 12.9. The Labute approximate surface area is 157 Å². The summed E-state index contributed by atoms with van der Waals surface area (Å²) in [6, 6.07) is 10.9. The standard InChI is InChI=1S/C19H15F4N3S/c1-2-11-26-17(14-5-9-16(20)10-6-14)24-25-18(26)27-12-13-3-7-15(8-4-13)19(21,22)23/h2-10H,1,11-12H2. The maximum Gasteiger partial charge on any atom is 0.416 e. The third-order valence-corrected chi connectivity index (χ3v) is 4.82. The second-order valence-corrected chi connectivity index (χ2v) is 6.64. The third kappa shape index (κ3) is 4.57. The van der Waals surface area contributed by atoms with Gasteiger partial charge in [-0.1, -0.05) is 30.0 Å². The van der Waals surface area contributed by atoms with Gasteiger partial charge < -0.3 is 0 Å². The van der Waals surface area contributed by atoms with Gasteiger partial charge in [-0.25, -0.2) is 4.39 Å². The third-order valence-electron chi connectivity index (χ3n) is 3.78. The molecule has 0 unspecified atom stereocenters. The lowest BCUT2D eigenvalue weighted by molar-refractivity contribution is -0.137. The molecular formula is C19H15F4N3S. The average Bonchev–Trinajstić information content (AvgIpc) is 3.03. The molecule has 0 fully saturated rings. The quantitative estimate of drug-likeness (QED) is 0.311. The van der Waals surface area contributed by atoms with Crippen LogP contribution in [0.25, 0.3) is 11.4 Å². The van der Waals surface area contributed by atoms with Gasteiger partial charge in [-0.2, -0.15) is 13.2 Å². The maximum atomic E-state index is 13.1. The highest BCUT2D eigenvalue weighted by atomic mass is 32.2. The van der Waals surface area contributed by atoms with E-state index in [2.05, 4.69) is 16.8 Å². The highest BCUT2D eigenvalue weighted by molar-refractivity contribution is 7.98. The van der Waals surface area contributed by atoms with Crippen molar-refractivity contribution in [3.8, 4) is 11.4 Å². The number of hydrogen-bond donors (Lipinski definition) is 0. The van der Waals surface area contributed by atoms with E-state index in [1.165, 1.54) is 36.0 Å². The van der Waals surface area contributed by atoms with Gasteiger partial charge in [-0.05, 0) is 42.0 Å². The van der Waals surface area contributed by atoms with Crippen LogP contribution >= 0.6 is 11.8 Å². The molecule has 3 nitrogen and oxygen atoms in total. The zero-order valence-corrected chi connectivity index (χ0v) is 14.9. The van der Waals surface area contributed by atoms with Gasteiger partial charge in [0.2, 0.25) is 0 Å². The fourth-order valence-electron chi connectivity index (χ4n) is 2.44. The number of rotatable bonds is 6. The second-order valence-electron chi connectivity index (χ2n) is 5.70. The number of alkyl halides is 3. The van der Waals surface area contributed by atoms with Gasteiger partial charge in [0.1, 0.15) is 5.82 Å². The summed E-state index contributed by atoms with van der Waals surface area (Å²) in [5.41, 5.74) is 0.779. The molecule has 3 aromatic rings. The number of benzene rings is 2. The molecule has 0 aliphatic rings. The van der Waals surface area contributed by atoms with Crippen LogP contribution in [-0.4, -0.2) is 14.8 Å². The van der Waals surface area contributed by atoms with Crippen LogP contribution in [0.2, 0.25) is 0 Å². The molecule has 0 radical (unpaired) electrons. The number of nitrogens with zero attached hydrogens (tertiary/aromatic N) is 3. The Bertz CT molecular complexity index is 916. The largest absolute Gasteiger partial charge is 0.416 e. The Morgan fingerprint density at radius 3 is 2.26 bits per heavy atom. The molecule has 0 spiro atoms. The minimum absolute atomic E-state index is 0.342. The molecule has 0 aliphatic carbocycles. The van der Waals surface area contributed by atoms with E-state index < -0.39 is 11.7 Å². The van der Waals surface area contributed by atoms with E-state index in [9.17, 15) is 17.6 Å². The van der Waals surface area contributed by atoms with Crippen LogP contribution in [0.3, 0.4) is 0 Å². The number of aromatic nitrogens is 3. The van der Waals surface area contributed by atoms with E-state index in [1.807, 2.05) is 4.57 Å². The van der Waals surface area contributed by atoms with Crippen molar-refractivity contribution in [2.24, 2.45) is 0 Å². The average molecular weight is 393 g/mol. The van der Waals surface area contributed by atoms with Crippen molar-refractivity contribution in [3.63, 3.8) is 0 Å². The van der Waals surface area contributed by atoms with Crippen LogP contribution in [-0.2, 0) is 18.5 Å². The fraction of sp³-hybridized carbons (Fsp3) is 0.158. The van der Waals surface area contributed by atoms with E-state index in [-0.39, 0.29) is 5.82 Å². The molecule has 27 heavy (non-hydrogen) atoms. The highest BCUT2D eigenvalue weighted by Crippen LogP contribution is 2.31. The molecular weight excluding hydrogens is 378 g/mol. The second kappa shape index (κ2) is 7.96. The molecule has 2 aromatic carbocycles. The highest BCUT2D eigenvalue weighted by Gasteiger charge is 2.29. The first-order valence-corrected chi connectivity index (χ1v) is 8.96. The summed E-state index contributed by atoms with van der Waals surface area (Å²) >= 11 is 1.36. The van der Waals surface area contributed by atoms with Gasteiger partial charge in [0, 0.05) is 17.9 Å². The van der Waals surface area contributed by atoms with Crippen LogP contribution in [0, 0.1) is 5.82 Å². The Kier molecular flexibility index (Phi) is 5.65. The molecule has 8 heteroatoms. The van der Waals surface area contributed by atoms with Crippen molar-refractivity contribution < 1.29 is 17.6 Å². The molecule has 3 rings (SSSR count). The predicted octanol–water partition coefficient (Wildman–Crippen LogP) is 5.58. The Balaban J connectivity index is 1.79. The van der Waals surface area contributed by atoms with Gasteiger partial charge >= 0.3 is 6.18 Å². The summed E-state index contributed by atoms with van der Waals surface area (Å²) in [6.07, 6.45) is -2.65. The number of thioether (sulfide) groups is 1. The maximum absolute atomic E-state index is 13.1. The molecule has 0 bridgehead atoms. The lowest BCUT2D eigenvalue weighted by Gasteiger charge is -2.09. The topological polar surface area (TPSA) is 30.7 Å². The Hall–Kier alpha value is -2.61. The summed E-state index contributed by atoms with van der Waals surface area (Å²) in [4.78, 5) is 0. The SMILES string of the molecule is C=CCn1c(SCc2ccc(C(F)(F)F)cc2)nnc1-c1ccc(F)cc1. The van der Waals surface area contributed by atoms with E-state index in [0.717, 1.165) is 17.7 Å². The van der Waals surface area contributed by atoms with Gasteiger partial charge in [0.25, 0.3) is 0 Å². The molecule has 1 heterocycles. The summed E-state index contributed by atoms with van der Waals surface area (Å²) in [5, 5.41) is 8.93. The van der Waals surface area contributed by atoms with Crippen molar-refractivity contribution in [1.29, 1.82) is 0 Å². The molecule has 0 aliphatic heterocycles. The van der Waals surface area contributed by atoms with Crippen LogP contribution in [0.15, 0.2) is 66.3 Å². The molecule has 0 atom stereocenters. The van der Waals surface area contributed by atoms with Crippen LogP contribution < -0.4 is 0 Å². The normalized spacial score (nSPS) is 11.6. The summed E-state index contributed by atoms with van der Waals surface area (Å²) in [6.45, 7) is 4.18. The zero-order valence-electron chi connectivity index (χ0n) is 14.1. The van der Waals surface area contributed by atoms with Crippen molar-refractivity contribution in [3.05, 3.63) is 78.1 Å². The fourth-order valence-corrected chi connectivity index (χ4v) is 3.34. The smallest absolute Gasteiger partial charge is 0.298 e. The molecule has 1 aromatic heterocycles. The lowest BCUT2D eigenvalue weighted by Crippen LogP contribution is -2.04. The molecule has 0 saturated heterocycles. The minimum Gasteiger partial charge on any atom is -0.298 e. The van der Waals surface area contributed by atoms with E-state index in [4.69, 9.17) is 0 Å². The van der Waals surface area contributed by atoms with Gasteiger partial charge in [0.05, 0.1) is 5.56 Å². The van der Waals surface area contributed by atoms with Crippen LogP contribution in [0.1, 0.15) is 11.1 Å². The predicted molar refractivity (Wildman–Crippen MR) is 96.6 cm³/mol. The van der Waals surface area contributed by atoms with Crippen LogP contribution in [0.5, 0.6) is 0 Å². The first-order valence-electron chi connectivity index (χ1n) is 7.97. The van der Waals surface area contributed by atoms with Gasteiger partial charge in [-0.3, -0.25) is 4.57 Å². The van der Waals surface area contributed by atoms with Crippen molar-refractivity contribution in [1.82, 2.24) is 14.8 Å². The summed E-state index contributed by atoms with van der Waals surface area (Å²) in [7, 11) is 0. The molecule has 0 N–H and O–H groups in total. The summed E-state index contributed by atoms with van der Waals surface area (Å²) < 4.78 is 52.9. The monoisotopic (exact) mass is 393 g/mol. The van der Waals surface area contributed by atoms with Crippen molar-refractivity contribution >= 4 is 11.8 Å². The first kappa shape index (κ1) is 19.2. The van der Waals surface area contributed by atoms with Crippen LogP contribution in [0.4, 0.5) is 17.6 Å². The molecule has 0 amide bonds. The van der Waals surface area contributed by atoms with E-state index >= 15 is 0 Å². The Morgan fingerprint density at radius 1 is 1.00 bits per heavy atom. The number of halogens is 4. The molecule has 140 valence electrons. The zero-order chi connectivity index (χ0) is 19.4. The lowest BCUT2D eigenvalue weighted by atomic mass is 10.1. The summed E-state index contributed by atoms with van der Waals surface area (Å²) in [5.74, 6) is 0.673. The van der Waals surface area contributed by atoms with Crippen molar-refractivity contribution in [2.45, 2.75) is 23.6 Å². The van der Waals surface area contributed by atoms with E-state index in [0.29, 0.717) is 28.8 Å². The van der Waals surface area contributed by atoms with Gasteiger partial charge in [-0.15, -0.1) is 16.8 Å². The number of allylic oxidation sites excluding steroid dienone is 1. The van der Waals surface area contributed by atoms with Gasteiger partial charge in [0.15, 0.2) is 11.0 Å². The minimum atomic E-state index is -4.35. The Morgan fingerprint density at radius 2 is 1.67 bits per heavy atom. The number of hydrogen-bond acceptors (Lipinski definition) is 3. The molecule has 0 saturated carbocycles. The van der Waals surface area contributed by atoms with E-state index in [1.54, 1.807) is 18.2 Å². The van der Waals surface area contributed by atoms with Crippen molar-refractivity contribution in [2.75, 3.05) is 0 Å².